The van der Waals surface area contributed by atoms with E-state index in [2.05, 4.69) is 396 Å². The Bertz CT molecular complexity index is 8900. The maximum atomic E-state index is 6.24. The van der Waals surface area contributed by atoms with Crippen molar-refractivity contribution in [3.8, 4) is 83.8 Å². The van der Waals surface area contributed by atoms with Crippen LogP contribution in [-0.2, 0) is 0 Å². The summed E-state index contributed by atoms with van der Waals surface area (Å²) in [6, 6.07) is 150. The van der Waals surface area contributed by atoms with E-state index in [1.54, 1.807) is 0 Å². The molecule has 27 aromatic rings. The van der Waals surface area contributed by atoms with Gasteiger partial charge in [-0.1, -0.05) is 279 Å². The zero-order valence-electron chi connectivity index (χ0n) is 66.1. The molecule has 27 rings (SSSR count). The molecule has 0 spiro atoms. The molecule has 9 heterocycles. The van der Waals surface area contributed by atoms with Gasteiger partial charge in [-0.3, -0.25) is 0 Å². The normalized spacial score (nSPS) is 11.9. The van der Waals surface area contributed by atoms with Crippen molar-refractivity contribution >= 4 is 193 Å². The molecule has 0 bridgehead atoms. The molecule has 0 saturated heterocycles. The van der Waals surface area contributed by atoms with Crippen molar-refractivity contribution in [2.24, 2.45) is 0 Å². The SMILES string of the molecule is c1ccc(-n2c3ccccc3c3sc4ccc(-c5ccccc5-c5ccc6c(c5)oc5ccccc56)cc4c32)cc1.c1ccc(-n2c3ccccc3c3sc4ccc(-c5ccccc5-c5ccc6oc7ccccc7c6c5)cc4c32)cc1.c1ccc(-n2c3ccccc3c3sc4ccc(-c5ccccc5-c5cccc6oc7ccccc7c56)cc4c32)cc1. The highest BCUT2D eigenvalue weighted by molar-refractivity contribution is 7.27. The zero-order valence-corrected chi connectivity index (χ0v) is 68.6. The van der Waals surface area contributed by atoms with Gasteiger partial charge in [-0.2, -0.15) is 0 Å². The summed E-state index contributed by atoms with van der Waals surface area (Å²) in [6.07, 6.45) is 0. The molecule has 6 nitrogen and oxygen atoms in total. The summed E-state index contributed by atoms with van der Waals surface area (Å²) in [4.78, 5) is 0. The Labute approximate surface area is 717 Å². The zero-order chi connectivity index (χ0) is 80.7. The van der Waals surface area contributed by atoms with E-state index in [1.165, 1.54) is 177 Å². The van der Waals surface area contributed by atoms with Crippen LogP contribution in [0.5, 0.6) is 0 Å². The molecule has 0 saturated carbocycles. The summed E-state index contributed by atoms with van der Waals surface area (Å²) in [7, 11) is 0. The number of fused-ring (bicyclic) bond motifs is 24. The number of rotatable bonds is 9. The third-order valence-electron chi connectivity index (χ3n) is 24.7. The van der Waals surface area contributed by atoms with Gasteiger partial charge < -0.3 is 27.0 Å². The quantitative estimate of drug-likeness (QED) is 0.145. The van der Waals surface area contributed by atoms with Gasteiger partial charge in [0.2, 0.25) is 0 Å². The van der Waals surface area contributed by atoms with Gasteiger partial charge in [-0.15, -0.1) is 34.0 Å². The molecule has 0 aliphatic rings. The third kappa shape index (κ3) is 11.5. The van der Waals surface area contributed by atoms with Gasteiger partial charge in [0, 0.05) is 95.8 Å². The smallest absolute Gasteiger partial charge is 0.136 e. The summed E-state index contributed by atoms with van der Waals surface area (Å²) < 4.78 is 33.8. The second-order valence-corrected chi connectivity index (χ2v) is 34.7. The van der Waals surface area contributed by atoms with Crippen LogP contribution in [-0.4, -0.2) is 13.7 Å². The predicted molar refractivity (Wildman–Crippen MR) is 523 cm³/mol. The molecule has 0 aliphatic heterocycles. The number of para-hydroxylation sites is 9. The Kier molecular flexibility index (Phi) is 16.5. The lowest BCUT2D eigenvalue weighted by Gasteiger charge is -2.12. The molecule has 576 valence electrons. The molecule has 0 unspecified atom stereocenters. The van der Waals surface area contributed by atoms with Crippen LogP contribution < -0.4 is 0 Å². The van der Waals surface area contributed by atoms with E-state index < -0.39 is 0 Å². The second kappa shape index (κ2) is 28.7. The van der Waals surface area contributed by atoms with Crippen molar-refractivity contribution in [3.05, 3.63) is 419 Å². The van der Waals surface area contributed by atoms with E-state index in [0.717, 1.165) is 66.0 Å². The first-order valence-corrected chi connectivity index (χ1v) is 44.0. The van der Waals surface area contributed by atoms with E-state index in [1.807, 2.05) is 70.4 Å². The molecule has 9 aromatic heterocycles. The lowest BCUT2D eigenvalue weighted by atomic mass is 9.91. The Morgan fingerprint density at radius 2 is 0.455 bits per heavy atom. The molecule has 0 fully saturated rings. The largest absolute Gasteiger partial charge is 0.456 e. The topological polar surface area (TPSA) is 54.2 Å². The second-order valence-electron chi connectivity index (χ2n) is 31.6. The molecule has 0 atom stereocenters. The first-order chi connectivity index (χ1) is 61.0. The molecular weight excluding hydrogens is 1560 g/mol. The molecule has 9 heteroatoms. The first kappa shape index (κ1) is 70.6. The first-order valence-electron chi connectivity index (χ1n) is 41.6. The summed E-state index contributed by atoms with van der Waals surface area (Å²) in [5.41, 5.74) is 31.1. The maximum Gasteiger partial charge on any atom is 0.136 e. The number of thiophene rings is 3. The molecule has 0 aliphatic carbocycles. The fraction of sp³-hybridized carbons (Fsp3) is 0. The number of nitrogens with zero attached hydrogens (tertiary/aromatic N) is 3. The third-order valence-corrected chi connectivity index (χ3v) is 28.2. The van der Waals surface area contributed by atoms with Gasteiger partial charge in [0.1, 0.15) is 33.5 Å². The summed E-state index contributed by atoms with van der Waals surface area (Å²) in [5.74, 6) is 0. The lowest BCUT2D eigenvalue weighted by Crippen LogP contribution is -1.93. The maximum absolute atomic E-state index is 6.24. The van der Waals surface area contributed by atoms with Crippen LogP contribution in [0.25, 0.3) is 243 Å². The van der Waals surface area contributed by atoms with Gasteiger partial charge in [-0.25, -0.2) is 0 Å². The minimum absolute atomic E-state index is 0.917. The van der Waals surface area contributed by atoms with Crippen LogP contribution in [0.4, 0.5) is 0 Å². The van der Waals surface area contributed by atoms with Crippen molar-refractivity contribution in [3.63, 3.8) is 0 Å². The standard InChI is InChI=1S/3C38H23NOS/c1-2-11-25(12-3-1)39-32-18-8-6-15-29(32)38-37(39)31-23-24(21-22-35(31)41-38)26-13-4-5-14-27(26)28-17-10-20-34-36(28)30-16-7-9-19-33(30)40-34;1-2-10-26(11-3-1)39-33-16-8-6-15-31(33)38-37(39)32-22-24(19-21-36(32)41-38)27-12-4-5-13-28(27)25-18-20-30-29-14-7-9-17-34(29)40-35(30)23-25;1-2-10-26(11-3-1)39-33-16-8-6-15-30(33)38-37(39)32-23-25(19-21-36(32)41-38)28-13-5-4-12-27(28)24-18-20-35-31(22-24)29-14-7-9-17-34(29)40-35/h3*1-23H. The van der Waals surface area contributed by atoms with Gasteiger partial charge in [0.25, 0.3) is 0 Å². The van der Waals surface area contributed by atoms with E-state index in [-0.39, 0.29) is 0 Å². The van der Waals surface area contributed by atoms with Crippen molar-refractivity contribution in [2.75, 3.05) is 0 Å². The minimum Gasteiger partial charge on any atom is -0.456 e. The molecular formula is C114H69N3O3S3. The van der Waals surface area contributed by atoms with Crippen molar-refractivity contribution in [1.29, 1.82) is 0 Å². The van der Waals surface area contributed by atoms with E-state index in [4.69, 9.17) is 13.3 Å². The number of furan rings is 3. The van der Waals surface area contributed by atoms with Gasteiger partial charge in [-0.05, 0) is 206 Å². The number of hydrogen-bond acceptors (Lipinski definition) is 6. The van der Waals surface area contributed by atoms with Gasteiger partial charge in [0.15, 0.2) is 0 Å². The number of aromatic nitrogens is 3. The molecule has 123 heavy (non-hydrogen) atoms. The minimum atomic E-state index is 0.917. The Morgan fingerprint density at radius 1 is 0.171 bits per heavy atom. The van der Waals surface area contributed by atoms with Crippen LogP contribution in [0.15, 0.2) is 432 Å². The predicted octanol–water partition coefficient (Wildman–Crippen LogP) is 33.7. The Hall–Kier alpha value is -15.4. The number of hydrogen-bond donors (Lipinski definition) is 0. The van der Waals surface area contributed by atoms with Crippen molar-refractivity contribution in [1.82, 2.24) is 13.7 Å². The fourth-order valence-electron chi connectivity index (χ4n) is 19.2. The highest BCUT2D eigenvalue weighted by atomic mass is 32.1. The fourth-order valence-corrected chi connectivity index (χ4v) is 22.8. The Balaban J connectivity index is 0.000000101. The molecule has 0 N–H and O–H groups in total. The van der Waals surface area contributed by atoms with E-state index in [0.29, 0.717) is 0 Å². The lowest BCUT2D eigenvalue weighted by molar-refractivity contribution is 0.668. The summed E-state index contributed by atoms with van der Waals surface area (Å²) >= 11 is 5.65. The van der Waals surface area contributed by atoms with Crippen LogP contribution >= 0.6 is 34.0 Å². The highest BCUT2D eigenvalue weighted by Gasteiger charge is 2.25. The number of benzene rings is 18. The van der Waals surface area contributed by atoms with E-state index in [9.17, 15) is 0 Å². The van der Waals surface area contributed by atoms with Crippen LogP contribution in [0.1, 0.15) is 0 Å². The highest BCUT2D eigenvalue weighted by Crippen LogP contribution is 2.51. The van der Waals surface area contributed by atoms with Crippen molar-refractivity contribution < 1.29 is 13.3 Å². The average Bonchev–Trinajstić information content (AvgIpc) is 1.65. The molecule has 18 aromatic carbocycles. The van der Waals surface area contributed by atoms with Gasteiger partial charge >= 0.3 is 0 Å². The van der Waals surface area contributed by atoms with Gasteiger partial charge in [0.05, 0.1) is 47.2 Å². The summed E-state index contributed by atoms with van der Waals surface area (Å²) in [6.45, 7) is 0. The van der Waals surface area contributed by atoms with Crippen LogP contribution in [0.2, 0.25) is 0 Å². The van der Waals surface area contributed by atoms with E-state index >= 15 is 0 Å². The molecule has 0 amide bonds. The summed E-state index contributed by atoms with van der Waals surface area (Å²) in [5, 5.41) is 14.7. The van der Waals surface area contributed by atoms with Crippen LogP contribution in [0.3, 0.4) is 0 Å². The average molecular weight is 1630 g/mol. The molecule has 0 radical (unpaired) electrons. The Morgan fingerprint density at radius 3 is 0.902 bits per heavy atom. The monoisotopic (exact) mass is 1620 g/mol. The van der Waals surface area contributed by atoms with Crippen LogP contribution in [0, 0.1) is 0 Å². The van der Waals surface area contributed by atoms with Crippen molar-refractivity contribution in [2.45, 2.75) is 0 Å².